The number of hydrogen-bond donors (Lipinski definition) is 0. The molecule has 2 atom stereocenters. The van der Waals surface area contributed by atoms with Crippen molar-refractivity contribution in [2.24, 2.45) is 0 Å². The molecule has 0 aliphatic carbocycles. The number of amides is 1. The van der Waals surface area contributed by atoms with Gasteiger partial charge >= 0.3 is 0 Å². The van der Waals surface area contributed by atoms with Crippen LogP contribution in [0.15, 0.2) is 42.6 Å². The summed E-state index contributed by atoms with van der Waals surface area (Å²) in [5, 5.41) is 7.73. The first-order valence-electron chi connectivity index (χ1n) is 8.21. The molecule has 0 spiro atoms. The second-order valence-electron chi connectivity index (χ2n) is 6.15. The van der Waals surface area contributed by atoms with Crippen LogP contribution in [0.25, 0.3) is 0 Å². The normalized spacial score (nSPS) is 22.9. The van der Waals surface area contributed by atoms with Crippen molar-refractivity contribution in [3.63, 3.8) is 0 Å². The quantitative estimate of drug-likeness (QED) is 0.857. The van der Waals surface area contributed by atoms with Crippen molar-refractivity contribution in [2.45, 2.75) is 31.7 Å². The van der Waals surface area contributed by atoms with Crippen molar-refractivity contribution in [1.29, 1.82) is 0 Å². The van der Waals surface area contributed by atoms with Gasteiger partial charge in [-0.05, 0) is 17.2 Å². The van der Waals surface area contributed by atoms with E-state index in [0.29, 0.717) is 32.0 Å². The van der Waals surface area contributed by atoms with Crippen molar-refractivity contribution < 1.29 is 14.3 Å². The highest BCUT2D eigenvalue weighted by Crippen LogP contribution is 2.23. The largest absolute Gasteiger partial charge is 0.471 e. The molecule has 0 N–H and O–H groups in total. The molecule has 1 saturated heterocycles. The van der Waals surface area contributed by atoms with Gasteiger partial charge in [-0.25, -0.2) is 0 Å². The molecule has 1 aromatic heterocycles. The van der Waals surface area contributed by atoms with Crippen LogP contribution < -0.4 is 4.74 Å². The van der Waals surface area contributed by atoms with Gasteiger partial charge in [0.15, 0.2) is 0 Å². The number of fused-ring (bicyclic) bond motifs is 1. The number of nitrogens with zero attached hydrogens (tertiary/aromatic N) is 3. The summed E-state index contributed by atoms with van der Waals surface area (Å²) < 4.78 is 11.6. The molecule has 2 unspecified atom stereocenters. The molecule has 0 bridgehead atoms. The van der Waals surface area contributed by atoms with Gasteiger partial charge in [-0.1, -0.05) is 24.3 Å². The first-order valence-corrected chi connectivity index (χ1v) is 8.21. The number of hydrogen-bond acceptors (Lipinski definition) is 5. The summed E-state index contributed by atoms with van der Waals surface area (Å²) in [5.74, 6) is 0.550. The summed E-state index contributed by atoms with van der Waals surface area (Å²) in [6.45, 7) is 1.75. The average molecular weight is 325 g/mol. The van der Waals surface area contributed by atoms with Crippen LogP contribution in [0, 0.1) is 0 Å². The molecule has 3 heterocycles. The van der Waals surface area contributed by atoms with Crippen LogP contribution in [0.4, 0.5) is 0 Å². The standard InChI is InChI=1S/C18H19N3O3/c22-18(16-10-13-4-1-2-5-14(13)12-23-16)21-9-7-15(11-21)24-17-6-3-8-19-20-17/h1-6,8,15-16H,7,9-12H2. The third-order valence-electron chi connectivity index (χ3n) is 4.53. The monoisotopic (exact) mass is 325 g/mol. The zero-order valence-electron chi connectivity index (χ0n) is 13.3. The van der Waals surface area contributed by atoms with E-state index in [0.717, 1.165) is 6.42 Å². The maximum atomic E-state index is 12.7. The predicted octanol–water partition coefficient (Wildman–Crippen LogP) is 1.60. The van der Waals surface area contributed by atoms with Gasteiger partial charge in [0.25, 0.3) is 5.91 Å². The minimum Gasteiger partial charge on any atom is -0.471 e. The highest BCUT2D eigenvalue weighted by molar-refractivity contribution is 5.82. The van der Waals surface area contributed by atoms with E-state index in [1.807, 2.05) is 17.0 Å². The Kier molecular flexibility index (Phi) is 4.13. The molecular formula is C18H19N3O3. The molecule has 24 heavy (non-hydrogen) atoms. The van der Waals surface area contributed by atoms with Gasteiger partial charge < -0.3 is 14.4 Å². The van der Waals surface area contributed by atoms with Crippen molar-refractivity contribution >= 4 is 5.91 Å². The predicted molar refractivity (Wildman–Crippen MR) is 86.4 cm³/mol. The van der Waals surface area contributed by atoms with Crippen molar-refractivity contribution in [1.82, 2.24) is 15.1 Å². The zero-order valence-corrected chi connectivity index (χ0v) is 13.3. The fourth-order valence-corrected chi connectivity index (χ4v) is 3.25. The minimum atomic E-state index is -0.393. The van der Waals surface area contributed by atoms with Gasteiger partial charge in [-0.2, -0.15) is 5.10 Å². The lowest BCUT2D eigenvalue weighted by Gasteiger charge is -2.28. The second kappa shape index (κ2) is 6.57. The fourth-order valence-electron chi connectivity index (χ4n) is 3.25. The Balaban J connectivity index is 1.36. The topological polar surface area (TPSA) is 64.5 Å². The summed E-state index contributed by atoms with van der Waals surface area (Å²) in [6, 6.07) is 11.7. The number of carbonyl (C=O) groups is 1. The van der Waals surface area contributed by atoms with Crippen LogP contribution in [-0.2, 0) is 22.6 Å². The number of benzene rings is 1. The zero-order chi connectivity index (χ0) is 16.4. The van der Waals surface area contributed by atoms with Crippen LogP contribution in [0.5, 0.6) is 5.88 Å². The fraction of sp³-hybridized carbons (Fsp3) is 0.389. The average Bonchev–Trinajstić information content (AvgIpc) is 3.10. The molecule has 2 aromatic rings. The number of rotatable bonds is 3. The highest BCUT2D eigenvalue weighted by atomic mass is 16.5. The Morgan fingerprint density at radius 3 is 2.92 bits per heavy atom. The minimum absolute atomic E-state index is 0.0403. The first kappa shape index (κ1) is 15.1. The molecule has 1 aromatic carbocycles. The molecule has 0 radical (unpaired) electrons. The van der Waals surface area contributed by atoms with Crippen LogP contribution in [0.3, 0.4) is 0 Å². The Labute approximate surface area is 140 Å². The summed E-state index contributed by atoms with van der Waals surface area (Å²) in [6.07, 6.45) is 2.61. The van der Waals surface area contributed by atoms with Gasteiger partial charge in [-0.15, -0.1) is 5.10 Å². The van der Waals surface area contributed by atoms with Gasteiger partial charge in [0.05, 0.1) is 13.2 Å². The van der Waals surface area contributed by atoms with Crippen molar-refractivity contribution in [2.75, 3.05) is 13.1 Å². The van der Waals surface area contributed by atoms with E-state index in [4.69, 9.17) is 9.47 Å². The number of likely N-dealkylation sites (tertiary alicyclic amines) is 1. The van der Waals surface area contributed by atoms with E-state index in [-0.39, 0.29) is 12.0 Å². The molecule has 1 fully saturated rings. The lowest BCUT2D eigenvalue weighted by atomic mass is 9.98. The van der Waals surface area contributed by atoms with Crippen molar-refractivity contribution in [3.8, 4) is 5.88 Å². The molecule has 2 aliphatic heterocycles. The molecular weight excluding hydrogens is 306 g/mol. The Bertz CT molecular complexity index is 722. The molecule has 0 saturated carbocycles. The van der Waals surface area contributed by atoms with Crippen LogP contribution in [-0.4, -0.2) is 46.3 Å². The molecule has 1 amide bonds. The lowest BCUT2D eigenvalue weighted by Crippen LogP contribution is -2.42. The van der Waals surface area contributed by atoms with E-state index in [9.17, 15) is 4.79 Å². The summed E-state index contributed by atoms with van der Waals surface area (Å²) >= 11 is 0. The summed E-state index contributed by atoms with van der Waals surface area (Å²) in [4.78, 5) is 14.6. The van der Waals surface area contributed by atoms with Crippen LogP contribution >= 0.6 is 0 Å². The van der Waals surface area contributed by atoms with E-state index in [1.165, 1.54) is 11.1 Å². The Morgan fingerprint density at radius 2 is 2.08 bits per heavy atom. The molecule has 6 heteroatoms. The van der Waals surface area contributed by atoms with E-state index in [2.05, 4.69) is 22.3 Å². The van der Waals surface area contributed by atoms with Gasteiger partial charge in [0, 0.05) is 31.6 Å². The molecule has 6 nitrogen and oxygen atoms in total. The Hall–Kier alpha value is -2.47. The van der Waals surface area contributed by atoms with Crippen molar-refractivity contribution in [3.05, 3.63) is 53.7 Å². The number of ether oxygens (including phenoxy) is 2. The maximum absolute atomic E-state index is 12.7. The number of aromatic nitrogens is 2. The maximum Gasteiger partial charge on any atom is 0.252 e. The third-order valence-corrected chi connectivity index (χ3v) is 4.53. The first-order chi connectivity index (χ1) is 11.8. The van der Waals surface area contributed by atoms with Gasteiger partial charge in [0.1, 0.15) is 12.2 Å². The summed E-state index contributed by atoms with van der Waals surface area (Å²) in [5.41, 5.74) is 2.38. The second-order valence-corrected chi connectivity index (χ2v) is 6.15. The smallest absolute Gasteiger partial charge is 0.252 e. The number of carbonyl (C=O) groups excluding carboxylic acids is 1. The van der Waals surface area contributed by atoms with Crippen LogP contribution in [0.1, 0.15) is 17.5 Å². The van der Waals surface area contributed by atoms with E-state index < -0.39 is 6.10 Å². The van der Waals surface area contributed by atoms with Gasteiger partial charge in [0.2, 0.25) is 5.88 Å². The third kappa shape index (κ3) is 3.10. The SMILES string of the molecule is O=C(C1Cc2ccccc2CO1)N1CCC(Oc2cccnn2)C1. The molecule has 4 rings (SSSR count). The van der Waals surface area contributed by atoms with Crippen LogP contribution in [0.2, 0.25) is 0 Å². The summed E-state index contributed by atoms with van der Waals surface area (Å²) in [7, 11) is 0. The molecule has 2 aliphatic rings. The van der Waals surface area contributed by atoms with E-state index in [1.54, 1.807) is 18.3 Å². The van der Waals surface area contributed by atoms with E-state index >= 15 is 0 Å². The lowest BCUT2D eigenvalue weighted by molar-refractivity contribution is -0.144. The Morgan fingerprint density at radius 1 is 1.21 bits per heavy atom. The molecule has 124 valence electrons. The van der Waals surface area contributed by atoms with Gasteiger partial charge in [-0.3, -0.25) is 4.79 Å². The highest BCUT2D eigenvalue weighted by Gasteiger charge is 2.34.